The van der Waals surface area contributed by atoms with Gasteiger partial charge in [-0.3, -0.25) is 9.97 Å². The largest absolute Gasteiger partial charge is 0.433 e. The van der Waals surface area contributed by atoms with Gasteiger partial charge in [0.05, 0.1) is 0 Å². The molecule has 140 valence electrons. The molecule has 0 unspecified atom stereocenters. The summed E-state index contributed by atoms with van der Waals surface area (Å²) in [5, 5.41) is 3.43. The number of nitrogens with zero attached hydrogens (tertiary/aromatic N) is 3. The van der Waals surface area contributed by atoms with E-state index in [-0.39, 0.29) is 0 Å². The van der Waals surface area contributed by atoms with E-state index >= 15 is 0 Å². The zero-order valence-corrected chi connectivity index (χ0v) is 14.5. The Balaban J connectivity index is 1.37. The highest BCUT2D eigenvalue weighted by molar-refractivity contribution is 5.16. The predicted molar refractivity (Wildman–Crippen MR) is 93.5 cm³/mol. The summed E-state index contributed by atoms with van der Waals surface area (Å²) in [5.74, 6) is 0. The van der Waals surface area contributed by atoms with Crippen LogP contribution in [0.15, 0.2) is 42.7 Å². The normalized spacial score (nSPS) is 16.7. The number of rotatable bonds is 6. The van der Waals surface area contributed by atoms with Crippen LogP contribution in [0.3, 0.4) is 0 Å². The molecule has 3 heterocycles. The second-order valence-electron chi connectivity index (χ2n) is 6.62. The molecule has 0 bridgehead atoms. The van der Waals surface area contributed by atoms with Crippen LogP contribution in [-0.4, -0.2) is 40.5 Å². The van der Waals surface area contributed by atoms with E-state index in [9.17, 15) is 13.2 Å². The van der Waals surface area contributed by atoms with Crippen LogP contribution in [0.25, 0.3) is 0 Å². The van der Waals surface area contributed by atoms with E-state index in [1.54, 1.807) is 0 Å². The molecule has 26 heavy (non-hydrogen) atoms. The van der Waals surface area contributed by atoms with Crippen LogP contribution in [-0.2, 0) is 19.1 Å². The van der Waals surface area contributed by atoms with Gasteiger partial charge in [-0.05, 0) is 49.7 Å². The molecule has 4 nitrogen and oxygen atoms in total. The van der Waals surface area contributed by atoms with Crippen molar-refractivity contribution < 1.29 is 13.2 Å². The van der Waals surface area contributed by atoms with Gasteiger partial charge in [-0.2, -0.15) is 13.2 Å². The Hall–Kier alpha value is -1.99. The minimum atomic E-state index is -4.38. The second-order valence-corrected chi connectivity index (χ2v) is 6.62. The molecule has 1 aliphatic heterocycles. The quantitative estimate of drug-likeness (QED) is 0.854. The molecule has 1 fully saturated rings. The fourth-order valence-corrected chi connectivity index (χ4v) is 3.14. The van der Waals surface area contributed by atoms with Crippen LogP contribution in [0.4, 0.5) is 13.2 Å². The molecule has 0 atom stereocenters. The number of halogens is 3. The van der Waals surface area contributed by atoms with E-state index in [2.05, 4.69) is 20.2 Å². The van der Waals surface area contributed by atoms with Crippen LogP contribution in [0.5, 0.6) is 0 Å². The van der Waals surface area contributed by atoms with Gasteiger partial charge in [0, 0.05) is 43.6 Å². The van der Waals surface area contributed by atoms with Gasteiger partial charge in [-0.25, -0.2) is 0 Å². The van der Waals surface area contributed by atoms with Crippen molar-refractivity contribution in [3.63, 3.8) is 0 Å². The third kappa shape index (κ3) is 5.51. The maximum absolute atomic E-state index is 12.5. The van der Waals surface area contributed by atoms with Gasteiger partial charge in [-0.1, -0.05) is 12.1 Å². The van der Waals surface area contributed by atoms with Gasteiger partial charge < -0.3 is 10.2 Å². The van der Waals surface area contributed by atoms with Gasteiger partial charge in [0.25, 0.3) is 0 Å². The lowest BCUT2D eigenvalue weighted by atomic mass is 10.0. The summed E-state index contributed by atoms with van der Waals surface area (Å²) in [5.41, 5.74) is 1.04. The third-order valence-corrected chi connectivity index (χ3v) is 4.71. The van der Waals surface area contributed by atoms with Crippen molar-refractivity contribution in [3.05, 3.63) is 59.7 Å². The number of alkyl halides is 3. The summed E-state index contributed by atoms with van der Waals surface area (Å²) in [6.07, 6.45) is 1.77. The van der Waals surface area contributed by atoms with E-state index in [4.69, 9.17) is 0 Å². The zero-order valence-electron chi connectivity index (χ0n) is 14.5. The zero-order chi connectivity index (χ0) is 18.4. The maximum atomic E-state index is 12.5. The molecule has 1 saturated heterocycles. The van der Waals surface area contributed by atoms with Gasteiger partial charge in [0.1, 0.15) is 5.69 Å². The van der Waals surface area contributed by atoms with Gasteiger partial charge in [0.2, 0.25) is 0 Å². The second kappa shape index (κ2) is 8.60. The number of piperidine rings is 1. The van der Waals surface area contributed by atoms with Crippen LogP contribution in [0.2, 0.25) is 0 Å². The van der Waals surface area contributed by atoms with Crippen molar-refractivity contribution in [2.24, 2.45) is 0 Å². The Morgan fingerprint density at radius 3 is 2.50 bits per heavy atom. The molecule has 1 aliphatic rings. The average Bonchev–Trinajstić information content (AvgIpc) is 2.66. The van der Waals surface area contributed by atoms with Crippen molar-refractivity contribution in [2.75, 3.05) is 19.6 Å². The van der Waals surface area contributed by atoms with Gasteiger partial charge >= 0.3 is 6.18 Å². The van der Waals surface area contributed by atoms with Crippen molar-refractivity contribution in [3.8, 4) is 0 Å². The summed E-state index contributed by atoms with van der Waals surface area (Å²) in [4.78, 5) is 10.3. The number of aromatic nitrogens is 2. The monoisotopic (exact) mass is 364 g/mol. The smallest absolute Gasteiger partial charge is 0.310 e. The molecule has 0 spiro atoms. The average molecular weight is 364 g/mol. The lowest BCUT2D eigenvalue weighted by molar-refractivity contribution is -0.141. The third-order valence-electron chi connectivity index (χ3n) is 4.71. The van der Waals surface area contributed by atoms with E-state index < -0.39 is 11.9 Å². The SMILES string of the molecule is FC(F)(F)c1ccc(CNC2CCN(CCc3ccccn3)CC2)cn1. The Kier molecular flexibility index (Phi) is 6.21. The van der Waals surface area contributed by atoms with Crippen LogP contribution in [0, 0.1) is 0 Å². The van der Waals surface area contributed by atoms with Crippen molar-refractivity contribution in [1.29, 1.82) is 0 Å². The minimum Gasteiger partial charge on any atom is -0.310 e. The number of likely N-dealkylation sites (tertiary alicyclic amines) is 1. The molecule has 7 heteroatoms. The molecule has 0 saturated carbocycles. The lowest BCUT2D eigenvalue weighted by Gasteiger charge is -2.32. The molecule has 0 amide bonds. The highest BCUT2D eigenvalue weighted by atomic mass is 19.4. The molecule has 0 aromatic carbocycles. The molecule has 3 rings (SSSR count). The molecule has 0 aliphatic carbocycles. The Bertz CT molecular complexity index is 665. The molecule has 2 aromatic rings. The molecule has 1 N–H and O–H groups in total. The number of nitrogens with one attached hydrogen (secondary N) is 1. The van der Waals surface area contributed by atoms with E-state index in [0.717, 1.165) is 56.2 Å². The molecule has 0 radical (unpaired) electrons. The van der Waals surface area contributed by atoms with Crippen molar-refractivity contribution in [2.45, 2.75) is 38.0 Å². The van der Waals surface area contributed by atoms with Crippen LogP contribution < -0.4 is 5.32 Å². The highest BCUT2D eigenvalue weighted by Crippen LogP contribution is 2.27. The van der Waals surface area contributed by atoms with Crippen LogP contribution >= 0.6 is 0 Å². The first kappa shape index (κ1) is 18.8. The number of hydrogen-bond acceptors (Lipinski definition) is 4. The standard InChI is InChI=1S/C19H23F3N4/c20-19(21,22)18-5-4-15(14-25-18)13-24-17-7-11-26(12-8-17)10-6-16-3-1-2-9-23-16/h1-5,9,14,17,24H,6-8,10-13H2. The van der Waals surface area contributed by atoms with E-state index in [0.29, 0.717) is 12.6 Å². The summed E-state index contributed by atoms with van der Waals surface area (Å²) < 4.78 is 37.6. The number of hydrogen-bond donors (Lipinski definition) is 1. The topological polar surface area (TPSA) is 41.0 Å². The van der Waals surface area contributed by atoms with Gasteiger partial charge in [-0.15, -0.1) is 0 Å². The van der Waals surface area contributed by atoms with E-state index in [1.807, 2.05) is 24.4 Å². The fourth-order valence-electron chi connectivity index (χ4n) is 3.14. The predicted octanol–water partition coefficient (Wildman–Crippen LogP) is 3.29. The minimum absolute atomic E-state index is 0.392. The molecule has 2 aromatic heterocycles. The maximum Gasteiger partial charge on any atom is 0.433 e. The first-order valence-corrected chi connectivity index (χ1v) is 8.88. The Morgan fingerprint density at radius 2 is 1.88 bits per heavy atom. The molecular weight excluding hydrogens is 341 g/mol. The summed E-state index contributed by atoms with van der Waals surface area (Å²) in [6.45, 7) is 3.60. The fraction of sp³-hybridized carbons (Fsp3) is 0.474. The number of pyridine rings is 2. The Labute approximate surface area is 151 Å². The first-order valence-electron chi connectivity index (χ1n) is 8.88. The van der Waals surface area contributed by atoms with Crippen molar-refractivity contribution >= 4 is 0 Å². The Morgan fingerprint density at radius 1 is 1.08 bits per heavy atom. The molecular formula is C19H23F3N4. The van der Waals surface area contributed by atoms with Gasteiger partial charge in [0.15, 0.2) is 0 Å². The van der Waals surface area contributed by atoms with E-state index in [1.165, 1.54) is 12.3 Å². The summed E-state index contributed by atoms with van der Waals surface area (Å²) >= 11 is 0. The van der Waals surface area contributed by atoms with Crippen molar-refractivity contribution in [1.82, 2.24) is 20.2 Å². The lowest BCUT2D eigenvalue weighted by Crippen LogP contribution is -2.42. The highest BCUT2D eigenvalue weighted by Gasteiger charge is 2.32. The summed E-state index contributed by atoms with van der Waals surface area (Å²) in [6, 6.07) is 8.90. The summed E-state index contributed by atoms with van der Waals surface area (Å²) in [7, 11) is 0. The van der Waals surface area contributed by atoms with Crippen LogP contribution in [0.1, 0.15) is 29.8 Å². The first-order chi connectivity index (χ1) is 12.5.